The third-order valence-electron chi connectivity index (χ3n) is 4.38. The normalized spacial score (nSPS) is 17.4. The van der Waals surface area contributed by atoms with Crippen LogP contribution in [0.2, 0.25) is 5.02 Å². The summed E-state index contributed by atoms with van der Waals surface area (Å²) in [5.41, 5.74) is 7.47. The number of nitrogen functional groups attached to an aromatic ring is 1. The van der Waals surface area contributed by atoms with Crippen LogP contribution in [0.25, 0.3) is 0 Å². The number of likely N-dealkylation sites (tertiary alicyclic amines) is 1. The molecule has 2 aromatic rings. The molecule has 0 bridgehead atoms. The number of rotatable bonds is 4. The Balaban J connectivity index is 1.59. The molecule has 132 valence electrons. The molecule has 7 heteroatoms. The van der Waals surface area contributed by atoms with Gasteiger partial charge in [0.1, 0.15) is 5.75 Å². The maximum Gasteiger partial charge on any atom is 0.260 e. The number of aromatic nitrogens is 2. The van der Waals surface area contributed by atoms with E-state index in [9.17, 15) is 4.79 Å². The number of hydrogen-bond acceptors (Lipinski definition) is 5. The van der Waals surface area contributed by atoms with Crippen LogP contribution >= 0.6 is 11.6 Å². The average Bonchev–Trinajstić information content (AvgIpc) is 2.62. The van der Waals surface area contributed by atoms with Crippen LogP contribution in [0.3, 0.4) is 0 Å². The summed E-state index contributed by atoms with van der Waals surface area (Å²) in [4.78, 5) is 22.5. The first-order valence-corrected chi connectivity index (χ1v) is 8.66. The highest BCUT2D eigenvalue weighted by Crippen LogP contribution is 2.26. The molecule has 1 saturated heterocycles. The van der Waals surface area contributed by atoms with Gasteiger partial charge in [-0.2, -0.15) is 0 Å². The number of carbonyl (C=O) groups excluding carboxylic acids is 1. The van der Waals surface area contributed by atoms with Crippen LogP contribution in [0.1, 0.15) is 30.0 Å². The maximum absolute atomic E-state index is 12.5. The van der Waals surface area contributed by atoms with Gasteiger partial charge >= 0.3 is 0 Å². The second-order valence-corrected chi connectivity index (χ2v) is 6.63. The lowest BCUT2D eigenvalue weighted by Gasteiger charge is -2.32. The van der Waals surface area contributed by atoms with E-state index >= 15 is 0 Å². The van der Waals surface area contributed by atoms with Crippen molar-refractivity contribution in [3.8, 4) is 5.75 Å². The molecule has 1 fully saturated rings. The minimum absolute atomic E-state index is 0.0136. The quantitative estimate of drug-likeness (QED) is 0.906. The highest BCUT2D eigenvalue weighted by atomic mass is 35.5. The Bertz CT molecular complexity index is 768. The zero-order valence-corrected chi connectivity index (χ0v) is 14.9. The lowest BCUT2D eigenvalue weighted by Crippen LogP contribution is -2.41. The van der Waals surface area contributed by atoms with Crippen molar-refractivity contribution in [3.05, 3.63) is 46.7 Å². The van der Waals surface area contributed by atoms with Gasteiger partial charge in [-0.05, 0) is 49.6 Å². The van der Waals surface area contributed by atoms with Crippen molar-refractivity contribution >= 4 is 23.5 Å². The number of nitrogens with zero attached hydrogens (tertiary/aromatic N) is 3. The lowest BCUT2D eigenvalue weighted by atomic mass is 9.94. The maximum atomic E-state index is 12.5. The zero-order valence-electron chi connectivity index (χ0n) is 14.1. The summed E-state index contributed by atoms with van der Waals surface area (Å²) in [6, 6.07) is 7.23. The van der Waals surface area contributed by atoms with Crippen molar-refractivity contribution < 1.29 is 9.53 Å². The molecule has 2 heterocycles. The minimum atomic E-state index is -0.0284. The third-order valence-corrected chi connectivity index (χ3v) is 4.80. The summed E-state index contributed by atoms with van der Waals surface area (Å²) in [5.74, 6) is 1.06. The van der Waals surface area contributed by atoms with Crippen molar-refractivity contribution in [2.24, 2.45) is 0 Å². The highest BCUT2D eigenvalue weighted by Gasteiger charge is 2.26. The minimum Gasteiger partial charge on any atom is -0.484 e. The van der Waals surface area contributed by atoms with Crippen LogP contribution < -0.4 is 10.5 Å². The van der Waals surface area contributed by atoms with Gasteiger partial charge in [0.2, 0.25) is 5.95 Å². The Morgan fingerprint density at radius 3 is 3.04 bits per heavy atom. The first kappa shape index (κ1) is 17.5. The Labute approximate surface area is 152 Å². The number of halogens is 1. The summed E-state index contributed by atoms with van der Waals surface area (Å²) in [5, 5.41) is 0.682. The molecule has 3 rings (SSSR count). The van der Waals surface area contributed by atoms with E-state index in [0.717, 1.165) is 30.6 Å². The smallest absolute Gasteiger partial charge is 0.260 e. The molecule has 0 saturated carbocycles. The lowest BCUT2D eigenvalue weighted by molar-refractivity contribution is -0.134. The summed E-state index contributed by atoms with van der Waals surface area (Å²) >= 11 is 6.00. The molecular weight excluding hydrogens is 340 g/mol. The van der Waals surface area contributed by atoms with E-state index < -0.39 is 0 Å². The standard InChI is InChI=1S/C18H21ClN4O2/c1-12-9-14(4-5-15(12)19)25-11-17(24)23-8-2-3-13(10-23)16-6-7-21-18(20)22-16/h4-7,9,13H,2-3,8,10-11H2,1H3,(H2,20,21,22). The largest absolute Gasteiger partial charge is 0.484 e. The number of benzene rings is 1. The summed E-state index contributed by atoms with van der Waals surface area (Å²) in [6.07, 6.45) is 3.57. The molecule has 2 N–H and O–H groups in total. The van der Waals surface area contributed by atoms with Gasteiger partial charge in [-0.25, -0.2) is 9.97 Å². The van der Waals surface area contributed by atoms with Crippen molar-refractivity contribution in [2.75, 3.05) is 25.4 Å². The first-order valence-electron chi connectivity index (χ1n) is 8.28. The van der Waals surface area contributed by atoms with E-state index in [0.29, 0.717) is 17.3 Å². The van der Waals surface area contributed by atoms with E-state index in [1.807, 2.05) is 24.0 Å². The van der Waals surface area contributed by atoms with E-state index in [-0.39, 0.29) is 24.4 Å². The van der Waals surface area contributed by atoms with Crippen LogP contribution in [-0.4, -0.2) is 40.5 Å². The van der Waals surface area contributed by atoms with Crippen LogP contribution in [0, 0.1) is 6.92 Å². The van der Waals surface area contributed by atoms with Crippen molar-refractivity contribution in [1.29, 1.82) is 0 Å². The topological polar surface area (TPSA) is 81.3 Å². The fraction of sp³-hybridized carbons (Fsp3) is 0.389. The van der Waals surface area contributed by atoms with Crippen LogP contribution in [-0.2, 0) is 4.79 Å². The molecule has 1 unspecified atom stereocenters. The molecule has 0 aliphatic carbocycles. The summed E-state index contributed by atoms with van der Waals surface area (Å²) in [7, 11) is 0. The van der Waals surface area contributed by atoms with Gasteiger partial charge < -0.3 is 15.4 Å². The summed E-state index contributed by atoms with van der Waals surface area (Å²) in [6.45, 7) is 3.27. The van der Waals surface area contributed by atoms with Crippen LogP contribution in [0.15, 0.2) is 30.5 Å². The number of aryl methyl sites for hydroxylation is 1. The van der Waals surface area contributed by atoms with Crippen molar-refractivity contribution in [1.82, 2.24) is 14.9 Å². The average molecular weight is 361 g/mol. The molecule has 0 spiro atoms. The Morgan fingerprint density at radius 2 is 2.28 bits per heavy atom. The molecular formula is C18H21ClN4O2. The molecule has 25 heavy (non-hydrogen) atoms. The fourth-order valence-corrected chi connectivity index (χ4v) is 3.12. The molecule has 1 aromatic heterocycles. The number of anilines is 1. The van der Waals surface area contributed by atoms with Crippen LogP contribution in [0.5, 0.6) is 5.75 Å². The predicted octanol–water partition coefficient (Wildman–Crippen LogP) is 2.81. The van der Waals surface area contributed by atoms with Gasteiger partial charge in [-0.15, -0.1) is 0 Å². The number of ether oxygens (including phenoxy) is 1. The number of carbonyl (C=O) groups is 1. The van der Waals surface area contributed by atoms with E-state index in [1.54, 1.807) is 18.3 Å². The Hall–Kier alpha value is -2.34. The van der Waals surface area contributed by atoms with Crippen molar-refractivity contribution in [3.63, 3.8) is 0 Å². The van der Waals surface area contributed by atoms with Crippen molar-refractivity contribution in [2.45, 2.75) is 25.7 Å². The first-order chi connectivity index (χ1) is 12.0. The Morgan fingerprint density at radius 1 is 1.44 bits per heavy atom. The molecule has 1 aliphatic heterocycles. The molecule has 1 aliphatic rings. The molecule has 6 nitrogen and oxygen atoms in total. The monoisotopic (exact) mass is 360 g/mol. The van der Waals surface area contributed by atoms with Gasteiger partial charge in [0.15, 0.2) is 6.61 Å². The third kappa shape index (κ3) is 4.39. The zero-order chi connectivity index (χ0) is 17.8. The Kier molecular flexibility index (Phi) is 5.38. The van der Waals surface area contributed by atoms with Gasteiger partial charge in [0.05, 0.1) is 5.69 Å². The molecule has 1 amide bonds. The van der Waals surface area contributed by atoms with Gasteiger partial charge in [0, 0.05) is 30.2 Å². The molecule has 0 radical (unpaired) electrons. The number of amides is 1. The number of hydrogen-bond donors (Lipinski definition) is 1. The molecule has 1 atom stereocenters. The van der Waals surface area contributed by atoms with Gasteiger partial charge in [-0.3, -0.25) is 4.79 Å². The second-order valence-electron chi connectivity index (χ2n) is 6.22. The SMILES string of the molecule is Cc1cc(OCC(=O)N2CCCC(c3ccnc(N)n3)C2)ccc1Cl. The predicted molar refractivity (Wildman–Crippen MR) is 96.7 cm³/mol. The van der Waals surface area contributed by atoms with E-state index in [2.05, 4.69) is 9.97 Å². The number of nitrogens with two attached hydrogens (primary N) is 1. The van der Waals surface area contributed by atoms with Gasteiger partial charge in [-0.1, -0.05) is 11.6 Å². The van der Waals surface area contributed by atoms with E-state index in [4.69, 9.17) is 22.1 Å². The van der Waals surface area contributed by atoms with Gasteiger partial charge in [0.25, 0.3) is 5.91 Å². The number of piperidine rings is 1. The second kappa shape index (κ2) is 7.70. The molecule has 1 aromatic carbocycles. The fourth-order valence-electron chi connectivity index (χ4n) is 3.00. The van der Waals surface area contributed by atoms with Crippen LogP contribution in [0.4, 0.5) is 5.95 Å². The van der Waals surface area contributed by atoms with E-state index in [1.165, 1.54) is 0 Å². The highest BCUT2D eigenvalue weighted by molar-refractivity contribution is 6.31. The summed E-state index contributed by atoms with van der Waals surface area (Å²) < 4.78 is 5.62.